The molecule has 0 fully saturated rings. The van der Waals surface area contributed by atoms with Crippen LogP contribution in [0.1, 0.15) is 24.8 Å². The molecule has 1 unspecified atom stereocenters. The molecule has 68 valence electrons. The van der Waals surface area contributed by atoms with E-state index in [4.69, 9.17) is 11.6 Å². The summed E-state index contributed by atoms with van der Waals surface area (Å²) >= 11 is 7.74. The molecule has 0 radical (unpaired) electrons. The van der Waals surface area contributed by atoms with Crippen molar-refractivity contribution in [1.29, 1.82) is 0 Å². The summed E-state index contributed by atoms with van der Waals surface area (Å²) in [5, 5.41) is 6.19. The summed E-state index contributed by atoms with van der Waals surface area (Å²) in [5.74, 6) is 0.575. The fourth-order valence-corrected chi connectivity index (χ4v) is 2.75. The third-order valence-electron chi connectivity index (χ3n) is 1.90. The van der Waals surface area contributed by atoms with Crippen molar-refractivity contribution >= 4 is 22.9 Å². The van der Waals surface area contributed by atoms with Crippen LogP contribution in [0.3, 0.4) is 0 Å². The summed E-state index contributed by atoms with van der Waals surface area (Å²) in [5.41, 5.74) is 0. The first-order valence-electron chi connectivity index (χ1n) is 4.07. The molecule has 0 amide bonds. The highest BCUT2D eigenvalue weighted by molar-refractivity contribution is 7.10. The molecule has 12 heavy (non-hydrogen) atoms. The zero-order valence-corrected chi connectivity index (χ0v) is 9.17. The predicted octanol–water partition coefficient (Wildman–Crippen LogP) is 3.32. The average molecular weight is 204 g/mol. The first kappa shape index (κ1) is 10.0. The van der Waals surface area contributed by atoms with E-state index < -0.39 is 0 Å². The highest BCUT2D eigenvalue weighted by Gasteiger charge is 2.17. The Balaban J connectivity index is 2.87. The van der Waals surface area contributed by atoms with Crippen LogP contribution >= 0.6 is 22.9 Å². The van der Waals surface area contributed by atoms with E-state index in [1.165, 1.54) is 4.88 Å². The normalized spacial score (nSPS) is 13.8. The van der Waals surface area contributed by atoms with Crippen LogP contribution in [0.25, 0.3) is 0 Å². The molecule has 0 saturated heterocycles. The Labute approximate surface area is 82.7 Å². The first-order valence-corrected chi connectivity index (χ1v) is 5.32. The van der Waals surface area contributed by atoms with Gasteiger partial charge in [0.2, 0.25) is 0 Å². The van der Waals surface area contributed by atoms with E-state index >= 15 is 0 Å². The van der Waals surface area contributed by atoms with E-state index in [-0.39, 0.29) is 0 Å². The molecule has 0 bridgehead atoms. The lowest BCUT2D eigenvalue weighted by Gasteiger charge is -2.18. The van der Waals surface area contributed by atoms with E-state index in [0.29, 0.717) is 12.0 Å². The molecule has 1 rings (SSSR count). The molecular formula is C9H14ClNS. The quantitative estimate of drug-likeness (QED) is 0.795. The van der Waals surface area contributed by atoms with E-state index in [1.807, 2.05) is 18.5 Å². The molecule has 1 aromatic heterocycles. The Morgan fingerprint density at radius 1 is 1.50 bits per heavy atom. The maximum absolute atomic E-state index is 6.03. The minimum Gasteiger partial charge on any atom is -0.312 e. The lowest BCUT2D eigenvalue weighted by Crippen LogP contribution is -2.20. The molecule has 0 aliphatic carbocycles. The van der Waals surface area contributed by atoms with Gasteiger partial charge >= 0.3 is 0 Å². The van der Waals surface area contributed by atoms with Gasteiger partial charge in [-0.1, -0.05) is 25.4 Å². The molecule has 3 heteroatoms. The summed E-state index contributed by atoms with van der Waals surface area (Å²) in [7, 11) is 1.97. The van der Waals surface area contributed by atoms with Gasteiger partial charge in [-0.2, -0.15) is 0 Å². The molecule has 1 heterocycles. The van der Waals surface area contributed by atoms with Crippen molar-refractivity contribution in [2.45, 2.75) is 19.9 Å². The van der Waals surface area contributed by atoms with Crippen molar-refractivity contribution in [3.63, 3.8) is 0 Å². The van der Waals surface area contributed by atoms with Crippen molar-refractivity contribution in [2.75, 3.05) is 7.05 Å². The van der Waals surface area contributed by atoms with Gasteiger partial charge in [-0.25, -0.2) is 0 Å². The highest BCUT2D eigenvalue weighted by atomic mass is 35.5. The maximum atomic E-state index is 6.03. The third kappa shape index (κ3) is 2.00. The second-order valence-corrected chi connectivity index (χ2v) is 4.50. The minimum absolute atomic E-state index is 0.387. The van der Waals surface area contributed by atoms with E-state index in [9.17, 15) is 0 Å². The standard InChI is InChI=1S/C9H14ClNS/c1-6(2)8(11-3)9-7(10)4-5-12-9/h4-6,8,11H,1-3H3. The fraction of sp³-hybridized carbons (Fsp3) is 0.556. The monoisotopic (exact) mass is 203 g/mol. The summed E-state index contributed by atoms with van der Waals surface area (Å²) in [6.07, 6.45) is 0. The minimum atomic E-state index is 0.387. The van der Waals surface area contributed by atoms with Crippen molar-refractivity contribution in [1.82, 2.24) is 5.32 Å². The SMILES string of the molecule is CNC(c1sccc1Cl)C(C)C. The smallest absolute Gasteiger partial charge is 0.0561 e. The lowest BCUT2D eigenvalue weighted by atomic mass is 10.0. The van der Waals surface area contributed by atoms with E-state index in [0.717, 1.165) is 5.02 Å². The van der Waals surface area contributed by atoms with Gasteiger partial charge in [-0.15, -0.1) is 11.3 Å². The number of nitrogens with one attached hydrogen (secondary N) is 1. The van der Waals surface area contributed by atoms with Crippen molar-refractivity contribution < 1.29 is 0 Å². The van der Waals surface area contributed by atoms with Gasteiger partial charge in [-0.05, 0) is 24.4 Å². The maximum Gasteiger partial charge on any atom is 0.0561 e. The first-order chi connectivity index (χ1) is 5.66. The molecular weight excluding hydrogens is 190 g/mol. The van der Waals surface area contributed by atoms with Crippen molar-refractivity contribution in [2.24, 2.45) is 5.92 Å². The summed E-state index contributed by atoms with van der Waals surface area (Å²) < 4.78 is 0. The van der Waals surface area contributed by atoms with Crippen LogP contribution < -0.4 is 5.32 Å². The molecule has 0 aliphatic rings. The van der Waals surface area contributed by atoms with E-state index in [1.54, 1.807) is 11.3 Å². The number of thiophene rings is 1. The molecule has 1 aromatic rings. The third-order valence-corrected chi connectivity index (χ3v) is 3.35. The van der Waals surface area contributed by atoms with Crippen LogP contribution in [-0.4, -0.2) is 7.05 Å². The molecule has 0 aliphatic heterocycles. The van der Waals surface area contributed by atoms with Gasteiger partial charge in [0.1, 0.15) is 0 Å². The van der Waals surface area contributed by atoms with Gasteiger partial charge < -0.3 is 5.32 Å². The molecule has 0 aromatic carbocycles. The van der Waals surface area contributed by atoms with Crippen LogP contribution in [0.15, 0.2) is 11.4 Å². The van der Waals surface area contributed by atoms with Gasteiger partial charge in [0.25, 0.3) is 0 Å². The molecule has 1 nitrogen and oxygen atoms in total. The second-order valence-electron chi connectivity index (χ2n) is 3.14. The highest BCUT2D eigenvalue weighted by Crippen LogP contribution is 2.32. The second kappa shape index (κ2) is 4.26. The lowest BCUT2D eigenvalue weighted by molar-refractivity contribution is 0.450. The van der Waals surface area contributed by atoms with Gasteiger partial charge in [0, 0.05) is 10.9 Å². The van der Waals surface area contributed by atoms with Crippen LogP contribution in [0, 0.1) is 5.92 Å². The largest absolute Gasteiger partial charge is 0.312 e. The number of rotatable bonds is 3. The average Bonchev–Trinajstić information content (AvgIpc) is 2.38. The van der Waals surface area contributed by atoms with Gasteiger partial charge in [0.05, 0.1) is 5.02 Å². The predicted molar refractivity (Wildman–Crippen MR) is 56.0 cm³/mol. The number of hydrogen-bond acceptors (Lipinski definition) is 2. The summed E-state index contributed by atoms with van der Waals surface area (Å²) in [6.45, 7) is 4.38. The van der Waals surface area contributed by atoms with Crippen molar-refractivity contribution in [3.8, 4) is 0 Å². The van der Waals surface area contributed by atoms with Gasteiger partial charge in [0.15, 0.2) is 0 Å². The topological polar surface area (TPSA) is 12.0 Å². The Bertz CT molecular complexity index is 244. The van der Waals surface area contributed by atoms with Gasteiger partial charge in [-0.3, -0.25) is 0 Å². The zero-order chi connectivity index (χ0) is 9.14. The van der Waals surface area contributed by atoms with Crippen LogP contribution in [0.2, 0.25) is 5.02 Å². The summed E-state index contributed by atoms with van der Waals surface area (Å²) in [6, 6.07) is 2.34. The summed E-state index contributed by atoms with van der Waals surface area (Å²) in [4.78, 5) is 1.24. The fourth-order valence-electron chi connectivity index (χ4n) is 1.29. The van der Waals surface area contributed by atoms with Crippen LogP contribution in [-0.2, 0) is 0 Å². The molecule has 1 atom stereocenters. The molecule has 1 N–H and O–H groups in total. The van der Waals surface area contributed by atoms with E-state index in [2.05, 4.69) is 19.2 Å². The Kier molecular flexibility index (Phi) is 3.56. The van der Waals surface area contributed by atoms with Crippen molar-refractivity contribution in [3.05, 3.63) is 21.3 Å². The zero-order valence-electron chi connectivity index (χ0n) is 7.60. The Hall–Kier alpha value is -0.0500. The van der Waals surface area contributed by atoms with Crippen LogP contribution in [0.5, 0.6) is 0 Å². The van der Waals surface area contributed by atoms with Crippen LogP contribution in [0.4, 0.5) is 0 Å². The molecule has 0 spiro atoms. The number of hydrogen-bond donors (Lipinski definition) is 1. The molecule has 0 saturated carbocycles. The Morgan fingerprint density at radius 3 is 2.50 bits per heavy atom. The number of halogens is 1. The Morgan fingerprint density at radius 2 is 2.17 bits per heavy atom.